The molecule has 3 amide bonds. The van der Waals surface area contributed by atoms with Crippen molar-refractivity contribution in [3.05, 3.63) is 52.5 Å². The predicted octanol–water partition coefficient (Wildman–Crippen LogP) is 2.40. The number of nitrogens with zero attached hydrogens (tertiary/aromatic N) is 1. The van der Waals surface area contributed by atoms with Gasteiger partial charge < -0.3 is 20.1 Å². The van der Waals surface area contributed by atoms with E-state index in [2.05, 4.69) is 21.2 Å². The van der Waals surface area contributed by atoms with Crippen LogP contribution in [0.3, 0.4) is 0 Å². The van der Waals surface area contributed by atoms with Gasteiger partial charge in [0.15, 0.2) is 18.1 Å². The van der Waals surface area contributed by atoms with Gasteiger partial charge in [-0.15, -0.1) is 0 Å². The van der Waals surface area contributed by atoms with Gasteiger partial charge in [0.1, 0.15) is 0 Å². The monoisotopic (exact) mass is 458 g/mol. The van der Waals surface area contributed by atoms with Gasteiger partial charge in [-0.1, -0.05) is 17.7 Å². The summed E-state index contributed by atoms with van der Waals surface area (Å²) in [5.74, 6) is -1.17. The number of carbonyl (C=O) groups excluding carboxylic acids is 3. The second-order valence-electron chi connectivity index (χ2n) is 7.16. The number of hydrogen-bond acceptors (Lipinski definition) is 6. The standard InChI is InChI=1S/C22H23ClN4O5/c1-13-3-5-16(10-17(13)23)25-20(28)12-32-18-8-4-14(9-19(18)31-2)11-24-27-22(30)21(29)26-15-6-7-15/h3-5,8-11,15H,6-7,12H2,1-2H3,(H,25,28)(H,26,29)(H,27,30)/b24-11-. The molecule has 1 aliphatic rings. The molecule has 1 saturated carbocycles. The molecule has 9 nitrogen and oxygen atoms in total. The van der Waals surface area contributed by atoms with E-state index in [9.17, 15) is 14.4 Å². The van der Waals surface area contributed by atoms with Gasteiger partial charge in [-0.25, -0.2) is 5.43 Å². The molecule has 0 bridgehead atoms. The number of hydrazone groups is 1. The summed E-state index contributed by atoms with van der Waals surface area (Å²) in [7, 11) is 1.46. The molecule has 3 rings (SSSR count). The zero-order valence-electron chi connectivity index (χ0n) is 17.6. The number of aryl methyl sites for hydroxylation is 1. The third kappa shape index (κ3) is 6.71. The Morgan fingerprint density at radius 1 is 1.12 bits per heavy atom. The summed E-state index contributed by atoms with van der Waals surface area (Å²) in [6.45, 7) is 1.64. The normalized spacial score (nSPS) is 12.8. The third-order valence-corrected chi connectivity index (χ3v) is 4.91. The van der Waals surface area contributed by atoms with Crippen molar-refractivity contribution in [2.45, 2.75) is 25.8 Å². The van der Waals surface area contributed by atoms with Crippen LogP contribution in [0.2, 0.25) is 5.02 Å². The summed E-state index contributed by atoms with van der Waals surface area (Å²) in [6.07, 6.45) is 3.14. The third-order valence-electron chi connectivity index (χ3n) is 4.50. The Labute approximate surface area is 190 Å². The minimum Gasteiger partial charge on any atom is -0.493 e. The molecule has 168 valence electrons. The Balaban J connectivity index is 1.52. The molecule has 0 heterocycles. The van der Waals surface area contributed by atoms with Gasteiger partial charge in [0, 0.05) is 16.8 Å². The molecule has 2 aromatic carbocycles. The molecule has 0 radical (unpaired) electrons. The minimum atomic E-state index is -0.832. The molecule has 0 aliphatic heterocycles. The molecule has 0 spiro atoms. The predicted molar refractivity (Wildman–Crippen MR) is 120 cm³/mol. The van der Waals surface area contributed by atoms with Gasteiger partial charge >= 0.3 is 11.8 Å². The number of methoxy groups -OCH3 is 1. The summed E-state index contributed by atoms with van der Waals surface area (Å²) in [4.78, 5) is 35.4. The Bertz CT molecular complexity index is 1050. The molecule has 0 aromatic heterocycles. The van der Waals surface area contributed by atoms with Crippen LogP contribution in [0.1, 0.15) is 24.0 Å². The fraction of sp³-hybridized carbons (Fsp3) is 0.273. The summed E-state index contributed by atoms with van der Waals surface area (Å²) >= 11 is 6.06. The van der Waals surface area contributed by atoms with Gasteiger partial charge in [0.2, 0.25) is 0 Å². The van der Waals surface area contributed by atoms with E-state index >= 15 is 0 Å². The second kappa shape index (κ2) is 10.6. The van der Waals surface area contributed by atoms with Crippen LogP contribution in [0.5, 0.6) is 11.5 Å². The first kappa shape index (κ1) is 23.1. The molecule has 10 heteroatoms. The highest BCUT2D eigenvalue weighted by molar-refractivity contribution is 6.35. The average Bonchev–Trinajstić information content (AvgIpc) is 3.59. The van der Waals surface area contributed by atoms with Gasteiger partial charge in [0.05, 0.1) is 13.3 Å². The van der Waals surface area contributed by atoms with Gasteiger partial charge in [-0.3, -0.25) is 14.4 Å². The molecular weight excluding hydrogens is 436 g/mol. The zero-order valence-corrected chi connectivity index (χ0v) is 18.4. The first-order valence-corrected chi connectivity index (χ1v) is 10.2. The van der Waals surface area contributed by atoms with Crippen molar-refractivity contribution in [2.24, 2.45) is 5.10 Å². The number of halogens is 1. The van der Waals surface area contributed by atoms with E-state index in [0.717, 1.165) is 18.4 Å². The van der Waals surface area contributed by atoms with Crippen molar-refractivity contribution in [3.63, 3.8) is 0 Å². The van der Waals surface area contributed by atoms with Gasteiger partial charge in [0.25, 0.3) is 5.91 Å². The van der Waals surface area contributed by atoms with Crippen molar-refractivity contribution in [1.82, 2.24) is 10.7 Å². The Morgan fingerprint density at radius 3 is 2.59 bits per heavy atom. The molecule has 0 saturated heterocycles. The lowest BCUT2D eigenvalue weighted by molar-refractivity contribution is -0.139. The van der Waals surface area contributed by atoms with E-state index in [1.807, 2.05) is 13.0 Å². The number of amides is 3. The summed E-state index contributed by atoms with van der Waals surface area (Å²) < 4.78 is 10.8. The fourth-order valence-corrected chi connectivity index (χ4v) is 2.77. The lowest BCUT2D eigenvalue weighted by Crippen LogP contribution is -2.38. The first-order valence-electron chi connectivity index (χ1n) is 9.86. The summed E-state index contributed by atoms with van der Waals surface area (Å²) in [5.41, 5.74) is 4.25. The maximum Gasteiger partial charge on any atom is 0.329 e. The Hall–Kier alpha value is -3.59. The zero-order chi connectivity index (χ0) is 23.1. The van der Waals surface area contributed by atoms with Crippen LogP contribution in [0.4, 0.5) is 5.69 Å². The largest absolute Gasteiger partial charge is 0.493 e. The van der Waals surface area contributed by atoms with E-state index in [-0.39, 0.29) is 18.6 Å². The smallest absolute Gasteiger partial charge is 0.329 e. The van der Waals surface area contributed by atoms with Crippen LogP contribution < -0.4 is 25.5 Å². The van der Waals surface area contributed by atoms with Crippen LogP contribution in [-0.4, -0.2) is 43.7 Å². The van der Waals surface area contributed by atoms with Gasteiger partial charge in [-0.2, -0.15) is 5.10 Å². The summed E-state index contributed by atoms with van der Waals surface area (Å²) in [5, 5.41) is 9.61. The molecule has 0 atom stereocenters. The SMILES string of the molecule is COc1cc(/C=N\NC(=O)C(=O)NC2CC2)ccc1OCC(=O)Nc1ccc(C)c(Cl)c1. The number of benzene rings is 2. The number of nitrogens with one attached hydrogen (secondary N) is 3. The van der Waals surface area contributed by atoms with Crippen molar-refractivity contribution in [3.8, 4) is 11.5 Å². The number of hydrogen-bond donors (Lipinski definition) is 3. The topological polar surface area (TPSA) is 118 Å². The van der Waals surface area contributed by atoms with E-state index < -0.39 is 11.8 Å². The molecule has 1 fully saturated rings. The quantitative estimate of drug-likeness (QED) is 0.319. The molecule has 32 heavy (non-hydrogen) atoms. The van der Waals surface area contributed by atoms with E-state index in [4.69, 9.17) is 21.1 Å². The molecule has 2 aromatic rings. The Morgan fingerprint density at radius 2 is 1.91 bits per heavy atom. The van der Waals surface area contributed by atoms with Crippen molar-refractivity contribution in [1.29, 1.82) is 0 Å². The second-order valence-corrected chi connectivity index (χ2v) is 7.57. The van der Waals surface area contributed by atoms with Crippen molar-refractivity contribution < 1.29 is 23.9 Å². The molecule has 3 N–H and O–H groups in total. The highest BCUT2D eigenvalue weighted by Crippen LogP contribution is 2.27. The van der Waals surface area contributed by atoms with Crippen molar-refractivity contribution in [2.75, 3.05) is 19.0 Å². The maximum absolute atomic E-state index is 12.2. The van der Waals surface area contributed by atoms with E-state index in [0.29, 0.717) is 27.8 Å². The van der Waals surface area contributed by atoms with E-state index in [1.54, 1.807) is 30.3 Å². The molecule has 1 aliphatic carbocycles. The van der Waals surface area contributed by atoms with Crippen LogP contribution in [0.15, 0.2) is 41.5 Å². The highest BCUT2D eigenvalue weighted by Gasteiger charge is 2.26. The number of ether oxygens (including phenoxy) is 2. The van der Waals surface area contributed by atoms with Crippen LogP contribution in [0, 0.1) is 6.92 Å². The van der Waals surface area contributed by atoms with Crippen molar-refractivity contribution >= 4 is 41.2 Å². The average molecular weight is 459 g/mol. The van der Waals surface area contributed by atoms with Crippen LogP contribution in [0.25, 0.3) is 0 Å². The van der Waals surface area contributed by atoms with Gasteiger partial charge in [-0.05, 0) is 61.2 Å². The lowest BCUT2D eigenvalue weighted by atomic mass is 10.2. The highest BCUT2D eigenvalue weighted by atomic mass is 35.5. The molecular formula is C22H23ClN4O5. The number of anilines is 1. The van der Waals surface area contributed by atoms with Crippen LogP contribution in [-0.2, 0) is 14.4 Å². The Kier molecular flexibility index (Phi) is 7.67. The maximum atomic E-state index is 12.2. The minimum absolute atomic E-state index is 0.0887. The molecule has 0 unspecified atom stereocenters. The lowest BCUT2D eigenvalue weighted by Gasteiger charge is -2.12. The fourth-order valence-electron chi connectivity index (χ4n) is 2.59. The number of carbonyl (C=O) groups is 3. The summed E-state index contributed by atoms with van der Waals surface area (Å²) in [6, 6.07) is 10.2. The first-order chi connectivity index (χ1) is 15.4. The van der Waals surface area contributed by atoms with Crippen LogP contribution >= 0.6 is 11.6 Å². The van der Waals surface area contributed by atoms with E-state index in [1.165, 1.54) is 13.3 Å². The number of rotatable bonds is 8.